The van der Waals surface area contributed by atoms with Crippen molar-refractivity contribution in [2.24, 2.45) is 0 Å². The molecule has 20 heavy (non-hydrogen) atoms. The van der Waals surface area contributed by atoms with Crippen molar-refractivity contribution in [2.45, 2.75) is 19.1 Å². The van der Waals surface area contributed by atoms with Crippen molar-refractivity contribution in [1.29, 1.82) is 0 Å². The van der Waals surface area contributed by atoms with E-state index >= 15 is 0 Å². The number of carboxylic acid groups (broad SMARTS) is 1. The van der Waals surface area contributed by atoms with E-state index in [9.17, 15) is 14.7 Å². The third-order valence-electron chi connectivity index (χ3n) is 2.40. The Labute approximate surface area is 124 Å². The topological polar surface area (TPSA) is 108 Å². The average molecular weight is 347 g/mol. The zero-order valence-electron chi connectivity index (χ0n) is 10.9. The van der Waals surface area contributed by atoms with Gasteiger partial charge in [-0.25, -0.2) is 9.59 Å². The van der Waals surface area contributed by atoms with E-state index in [0.29, 0.717) is 15.9 Å². The molecule has 0 saturated heterocycles. The van der Waals surface area contributed by atoms with E-state index in [1.54, 1.807) is 18.2 Å². The molecule has 0 aliphatic heterocycles. The number of methoxy groups -OCH3 is 1. The summed E-state index contributed by atoms with van der Waals surface area (Å²) < 4.78 is 5.73. The van der Waals surface area contributed by atoms with Gasteiger partial charge >= 0.3 is 12.0 Å². The molecule has 1 rings (SSSR count). The molecule has 7 nitrogen and oxygen atoms in total. The number of urea groups is 1. The molecule has 0 saturated carbocycles. The first kappa shape index (κ1) is 16.3. The van der Waals surface area contributed by atoms with Crippen LogP contribution in [0.1, 0.15) is 6.92 Å². The second kappa shape index (κ2) is 7.11. The number of benzene rings is 1. The van der Waals surface area contributed by atoms with Crippen molar-refractivity contribution in [1.82, 2.24) is 5.32 Å². The number of aliphatic hydroxyl groups excluding tert-OH is 1. The largest absolute Gasteiger partial charge is 0.497 e. The summed E-state index contributed by atoms with van der Waals surface area (Å²) in [5.41, 5.74) is 0.420. The van der Waals surface area contributed by atoms with Crippen molar-refractivity contribution in [3.8, 4) is 5.75 Å². The molecule has 1 aromatic rings. The van der Waals surface area contributed by atoms with E-state index in [2.05, 4.69) is 26.6 Å². The van der Waals surface area contributed by atoms with Gasteiger partial charge in [0, 0.05) is 16.2 Å². The third kappa shape index (κ3) is 4.71. The number of rotatable bonds is 5. The minimum absolute atomic E-state index is 0.420. The standard InChI is InChI=1S/C12H15BrN2O5/c1-6(16)10(11(17)18)15-12(19)14-8-3-7(13)4-9(5-8)20-2/h3-6,10,16H,1-2H3,(H,17,18)(H2,14,15,19)/t6-,10+/m1/s1. The van der Waals surface area contributed by atoms with Crippen molar-refractivity contribution in [3.63, 3.8) is 0 Å². The molecule has 0 aromatic heterocycles. The van der Waals surface area contributed by atoms with E-state index in [4.69, 9.17) is 9.84 Å². The normalized spacial score (nSPS) is 13.2. The van der Waals surface area contributed by atoms with Gasteiger partial charge in [0.2, 0.25) is 0 Å². The lowest BCUT2D eigenvalue weighted by Crippen LogP contribution is -2.49. The van der Waals surface area contributed by atoms with Gasteiger partial charge in [0.25, 0.3) is 0 Å². The van der Waals surface area contributed by atoms with Gasteiger partial charge < -0.3 is 25.6 Å². The lowest BCUT2D eigenvalue weighted by Gasteiger charge is -2.17. The van der Waals surface area contributed by atoms with E-state index in [-0.39, 0.29) is 0 Å². The summed E-state index contributed by atoms with van der Waals surface area (Å²) in [7, 11) is 1.49. The number of halogens is 1. The summed E-state index contributed by atoms with van der Waals surface area (Å²) in [6.07, 6.45) is -1.21. The molecule has 0 fully saturated rings. The number of aliphatic carboxylic acids is 1. The van der Waals surface area contributed by atoms with Gasteiger partial charge in [-0.3, -0.25) is 0 Å². The number of anilines is 1. The first-order chi connectivity index (χ1) is 9.33. The zero-order valence-corrected chi connectivity index (χ0v) is 12.5. The number of carboxylic acids is 1. The van der Waals surface area contributed by atoms with Crippen LogP contribution >= 0.6 is 15.9 Å². The first-order valence-corrected chi connectivity index (χ1v) is 6.45. The maximum Gasteiger partial charge on any atom is 0.328 e. The monoisotopic (exact) mass is 346 g/mol. The van der Waals surface area contributed by atoms with Crippen molar-refractivity contribution in [2.75, 3.05) is 12.4 Å². The van der Waals surface area contributed by atoms with Crippen LogP contribution in [0.2, 0.25) is 0 Å². The van der Waals surface area contributed by atoms with E-state index in [1.807, 2.05) is 0 Å². The minimum Gasteiger partial charge on any atom is -0.497 e. The van der Waals surface area contributed by atoms with Gasteiger partial charge in [0.1, 0.15) is 5.75 Å². The Bertz CT molecular complexity index is 507. The number of hydrogen-bond donors (Lipinski definition) is 4. The maximum atomic E-state index is 11.7. The molecule has 0 aliphatic rings. The Balaban J connectivity index is 2.75. The van der Waals surface area contributed by atoms with Crippen LogP contribution in [0.5, 0.6) is 5.75 Å². The minimum atomic E-state index is -1.39. The molecule has 0 unspecified atom stereocenters. The summed E-state index contributed by atoms with van der Waals surface area (Å²) in [5.74, 6) is -0.790. The summed E-state index contributed by atoms with van der Waals surface area (Å²) in [5, 5.41) is 22.8. The Kier molecular flexibility index (Phi) is 5.78. The van der Waals surface area contributed by atoms with Gasteiger partial charge in [-0.1, -0.05) is 15.9 Å². The Morgan fingerprint density at radius 3 is 2.50 bits per heavy atom. The highest BCUT2D eigenvalue weighted by atomic mass is 79.9. The molecule has 2 amide bonds. The highest BCUT2D eigenvalue weighted by Gasteiger charge is 2.24. The summed E-state index contributed by atoms with van der Waals surface area (Å²) in [6, 6.07) is 2.78. The van der Waals surface area contributed by atoms with Crippen molar-refractivity contribution < 1.29 is 24.5 Å². The van der Waals surface area contributed by atoms with Crippen LogP contribution in [0.4, 0.5) is 10.5 Å². The van der Waals surface area contributed by atoms with Crippen LogP contribution < -0.4 is 15.4 Å². The molecular formula is C12H15BrN2O5. The molecular weight excluding hydrogens is 332 g/mol. The van der Waals surface area contributed by atoms with Crippen LogP contribution in [0, 0.1) is 0 Å². The van der Waals surface area contributed by atoms with Crippen LogP contribution in [0.3, 0.4) is 0 Å². The zero-order chi connectivity index (χ0) is 15.3. The number of ether oxygens (including phenoxy) is 1. The second-order valence-corrected chi connectivity index (χ2v) is 4.95. The van der Waals surface area contributed by atoms with Crippen LogP contribution in [0.15, 0.2) is 22.7 Å². The van der Waals surface area contributed by atoms with E-state index in [0.717, 1.165) is 0 Å². The number of carbonyl (C=O) groups is 2. The van der Waals surface area contributed by atoms with E-state index in [1.165, 1.54) is 14.0 Å². The molecule has 2 atom stereocenters. The molecule has 1 aromatic carbocycles. The number of nitrogens with one attached hydrogen (secondary N) is 2. The molecule has 0 bridgehead atoms. The van der Waals surface area contributed by atoms with Gasteiger partial charge in [-0.2, -0.15) is 0 Å². The Morgan fingerprint density at radius 1 is 1.35 bits per heavy atom. The van der Waals surface area contributed by atoms with Gasteiger partial charge in [0.15, 0.2) is 6.04 Å². The van der Waals surface area contributed by atoms with Crippen LogP contribution in [-0.2, 0) is 4.79 Å². The maximum absolute atomic E-state index is 11.7. The van der Waals surface area contributed by atoms with Crippen LogP contribution in [0.25, 0.3) is 0 Å². The highest BCUT2D eigenvalue weighted by molar-refractivity contribution is 9.10. The quantitative estimate of drug-likeness (QED) is 0.644. The number of carbonyl (C=O) groups excluding carboxylic acids is 1. The average Bonchev–Trinajstić information content (AvgIpc) is 2.34. The molecule has 0 spiro atoms. The molecule has 110 valence electrons. The molecule has 0 aliphatic carbocycles. The summed E-state index contributed by atoms with van der Waals surface area (Å²) in [6.45, 7) is 1.28. The Morgan fingerprint density at radius 2 is 2.00 bits per heavy atom. The Hall–Kier alpha value is -1.80. The van der Waals surface area contributed by atoms with Gasteiger partial charge in [-0.05, 0) is 19.1 Å². The van der Waals surface area contributed by atoms with Crippen LogP contribution in [-0.4, -0.2) is 41.5 Å². The number of aliphatic hydroxyl groups is 1. The fourth-order valence-electron chi connectivity index (χ4n) is 1.45. The smallest absolute Gasteiger partial charge is 0.328 e. The number of hydrogen-bond acceptors (Lipinski definition) is 4. The predicted molar refractivity (Wildman–Crippen MR) is 76.0 cm³/mol. The fourth-order valence-corrected chi connectivity index (χ4v) is 1.92. The molecule has 8 heteroatoms. The predicted octanol–water partition coefficient (Wildman–Crippen LogP) is 1.41. The first-order valence-electron chi connectivity index (χ1n) is 5.66. The number of amides is 2. The van der Waals surface area contributed by atoms with Gasteiger partial charge in [0.05, 0.1) is 13.2 Å². The lowest BCUT2D eigenvalue weighted by molar-refractivity contribution is -0.141. The molecule has 0 heterocycles. The second-order valence-electron chi connectivity index (χ2n) is 4.03. The SMILES string of the molecule is COc1cc(Br)cc(NC(=O)N[C@H](C(=O)O)[C@@H](C)O)c1. The van der Waals surface area contributed by atoms with Crippen molar-refractivity contribution in [3.05, 3.63) is 22.7 Å². The molecule has 4 N–H and O–H groups in total. The summed E-state index contributed by atoms with van der Waals surface area (Å²) >= 11 is 3.26. The summed E-state index contributed by atoms with van der Waals surface area (Å²) in [4.78, 5) is 22.5. The third-order valence-corrected chi connectivity index (χ3v) is 2.86. The fraction of sp³-hybridized carbons (Fsp3) is 0.333. The van der Waals surface area contributed by atoms with E-state index < -0.39 is 24.1 Å². The molecule has 0 radical (unpaired) electrons. The highest BCUT2D eigenvalue weighted by Crippen LogP contribution is 2.24. The van der Waals surface area contributed by atoms with Gasteiger partial charge in [-0.15, -0.1) is 0 Å². The van der Waals surface area contributed by atoms with Crippen molar-refractivity contribution >= 4 is 33.6 Å². The lowest BCUT2D eigenvalue weighted by atomic mass is 10.2.